The molecule has 0 fully saturated rings. The summed E-state index contributed by atoms with van der Waals surface area (Å²) in [7, 11) is -3.72. The van der Waals surface area contributed by atoms with Crippen LogP contribution in [0.15, 0.2) is 46.2 Å². The number of thioether (sulfide) groups is 1. The molecule has 2 N–H and O–H groups in total. The Kier molecular flexibility index (Phi) is 6.28. The van der Waals surface area contributed by atoms with Gasteiger partial charge >= 0.3 is 0 Å². The molecule has 2 aromatic rings. The van der Waals surface area contributed by atoms with Gasteiger partial charge in [-0.1, -0.05) is 6.92 Å². The summed E-state index contributed by atoms with van der Waals surface area (Å²) < 4.78 is 38.5. The molecule has 0 unspecified atom stereocenters. The zero-order valence-corrected chi connectivity index (χ0v) is 17.6. The summed E-state index contributed by atoms with van der Waals surface area (Å²) in [5.74, 6) is -1.43. The Hall–Kier alpha value is -2.39. The molecule has 1 aliphatic heterocycles. The normalized spacial score (nSPS) is 16.5. The van der Waals surface area contributed by atoms with Gasteiger partial charge in [-0.15, -0.1) is 11.8 Å². The first-order chi connectivity index (χ1) is 13.6. The van der Waals surface area contributed by atoms with Crippen LogP contribution in [0.3, 0.4) is 0 Å². The lowest BCUT2D eigenvalue weighted by Gasteiger charge is -2.11. The third-order valence-corrected chi connectivity index (χ3v) is 7.34. The van der Waals surface area contributed by atoms with E-state index in [1.165, 1.54) is 42.1 Å². The average Bonchev–Trinajstić information content (AvgIpc) is 2.78. The highest BCUT2D eigenvalue weighted by molar-refractivity contribution is 8.00. The highest BCUT2D eigenvalue weighted by Crippen LogP contribution is 2.36. The highest BCUT2D eigenvalue weighted by Gasteiger charge is 2.23. The van der Waals surface area contributed by atoms with E-state index in [-0.39, 0.29) is 28.2 Å². The van der Waals surface area contributed by atoms with Crippen molar-refractivity contribution in [2.24, 2.45) is 0 Å². The van der Waals surface area contributed by atoms with Gasteiger partial charge in [-0.3, -0.25) is 9.59 Å². The Morgan fingerprint density at radius 1 is 1.28 bits per heavy atom. The molecule has 29 heavy (non-hydrogen) atoms. The molecule has 154 valence electrons. The van der Waals surface area contributed by atoms with Crippen molar-refractivity contribution in [2.45, 2.75) is 41.7 Å². The predicted octanol–water partition coefficient (Wildman–Crippen LogP) is 3.76. The number of anilines is 2. The van der Waals surface area contributed by atoms with Gasteiger partial charge in [0.25, 0.3) is 0 Å². The fourth-order valence-corrected chi connectivity index (χ4v) is 5.26. The van der Waals surface area contributed by atoms with Gasteiger partial charge < -0.3 is 10.6 Å². The van der Waals surface area contributed by atoms with Gasteiger partial charge in [0.1, 0.15) is 5.82 Å². The fourth-order valence-electron chi connectivity index (χ4n) is 2.95. The minimum absolute atomic E-state index is 0.0532. The Morgan fingerprint density at radius 2 is 2.03 bits per heavy atom. The van der Waals surface area contributed by atoms with Crippen LogP contribution in [0.25, 0.3) is 0 Å². The number of aryl methyl sites for hydroxylation is 1. The number of carbonyl (C=O) groups excluding carboxylic acids is 2. The summed E-state index contributed by atoms with van der Waals surface area (Å²) in [6.07, 6.45) is 0.110. The summed E-state index contributed by atoms with van der Waals surface area (Å²) in [4.78, 5) is 24.9. The van der Waals surface area contributed by atoms with E-state index in [4.69, 9.17) is 0 Å². The Bertz CT molecular complexity index is 1070. The van der Waals surface area contributed by atoms with E-state index in [1.807, 2.05) is 6.92 Å². The Balaban J connectivity index is 1.69. The van der Waals surface area contributed by atoms with Crippen molar-refractivity contribution in [1.82, 2.24) is 0 Å². The van der Waals surface area contributed by atoms with Crippen LogP contribution in [-0.4, -0.2) is 31.2 Å². The first kappa shape index (κ1) is 21.3. The van der Waals surface area contributed by atoms with Crippen LogP contribution in [-0.2, 0) is 19.4 Å². The molecule has 9 heteroatoms. The van der Waals surface area contributed by atoms with Crippen molar-refractivity contribution < 1.29 is 22.4 Å². The lowest BCUT2D eigenvalue weighted by Crippen LogP contribution is -2.18. The van der Waals surface area contributed by atoms with E-state index in [1.54, 1.807) is 13.0 Å². The van der Waals surface area contributed by atoms with Gasteiger partial charge in [0.2, 0.25) is 11.8 Å². The second kappa shape index (κ2) is 8.54. The van der Waals surface area contributed by atoms with Gasteiger partial charge in [-0.2, -0.15) is 0 Å². The molecule has 6 nitrogen and oxygen atoms in total. The van der Waals surface area contributed by atoms with Crippen LogP contribution >= 0.6 is 11.8 Å². The number of nitrogens with one attached hydrogen (secondary N) is 2. The molecule has 1 heterocycles. The lowest BCUT2D eigenvalue weighted by molar-refractivity contribution is -0.116. The number of sulfone groups is 1. The molecule has 0 bridgehead atoms. The van der Waals surface area contributed by atoms with Crippen LogP contribution in [0.1, 0.15) is 25.3 Å². The number of hydrogen-bond donors (Lipinski definition) is 2. The zero-order chi connectivity index (χ0) is 21.2. The van der Waals surface area contributed by atoms with E-state index in [9.17, 15) is 22.4 Å². The second-order valence-corrected chi connectivity index (χ2v) is 10.5. The van der Waals surface area contributed by atoms with Gasteiger partial charge in [-0.25, -0.2) is 12.8 Å². The van der Waals surface area contributed by atoms with E-state index < -0.39 is 21.6 Å². The molecular formula is C20H21FN2O4S2. The predicted molar refractivity (Wildman–Crippen MR) is 111 cm³/mol. The quantitative estimate of drug-likeness (QED) is 0.745. The zero-order valence-electron chi connectivity index (χ0n) is 16.0. The number of fused-ring (bicyclic) bond motifs is 1. The van der Waals surface area contributed by atoms with Gasteiger partial charge in [0, 0.05) is 28.7 Å². The fraction of sp³-hybridized carbons (Fsp3) is 0.300. The molecule has 0 spiro atoms. The van der Waals surface area contributed by atoms with Gasteiger partial charge in [-0.05, 0) is 48.9 Å². The first-order valence-corrected chi connectivity index (χ1v) is 11.6. The van der Waals surface area contributed by atoms with Crippen molar-refractivity contribution >= 4 is 44.8 Å². The van der Waals surface area contributed by atoms with Crippen molar-refractivity contribution in [1.29, 1.82) is 0 Å². The average molecular weight is 437 g/mol. The number of halogens is 1. The minimum atomic E-state index is -3.72. The number of carbonyl (C=O) groups is 2. The van der Waals surface area contributed by atoms with Crippen LogP contribution < -0.4 is 10.6 Å². The molecule has 0 radical (unpaired) electrons. The summed E-state index contributed by atoms with van der Waals surface area (Å²) >= 11 is 1.51. The molecule has 0 aromatic heterocycles. The van der Waals surface area contributed by atoms with E-state index in [0.29, 0.717) is 23.4 Å². The molecule has 2 aromatic carbocycles. The maximum absolute atomic E-state index is 13.1. The highest BCUT2D eigenvalue weighted by atomic mass is 32.2. The van der Waals surface area contributed by atoms with Gasteiger partial charge in [0.15, 0.2) is 9.84 Å². The SMILES string of the molecule is Cc1cc(F)ccc1NC(=O)CCS(=O)(=O)c1ccc2c(c1)NC(=O)C[C@@H](C)S2. The maximum atomic E-state index is 13.1. The molecule has 0 saturated carbocycles. The van der Waals surface area contributed by atoms with E-state index in [0.717, 1.165) is 4.90 Å². The molecule has 1 atom stereocenters. The number of hydrogen-bond acceptors (Lipinski definition) is 5. The van der Waals surface area contributed by atoms with Crippen LogP contribution in [0.4, 0.5) is 15.8 Å². The third kappa shape index (κ3) is 5.36. The molecule has 3 rings (SSSR count). The van der Waals surface area contributed by atoms with Gasteiger partial charge in [0.05, 0.1) is 16.3 Å². The second-order valence-electron chi connectivity index (χ2n) is 6.92. The van der Waals surface area contributed by atoms with Crippen LogP contribution in [0.2, 0.25) is 0 Å². The number of benzene rings is 2. The number of amides is 2. The van der Waals surface area contributed by atoms with Crippen molar-refractivity contribution in [3.05, 3.63) is 47.8 Å². The summed E-state index contributed by atoms with van der Waals surface area (Å²) in [5.41, 5.74) is 1.46. The molecule has 2 amide bonds. The van der Waals surface area contributed by atoms with E-state index >= 15 is 0 Å². The Labute approximate surface area is 173 Å². The summed E-state index contributed by atoms with van der Waals surface area (Å²) in [6.45, 7) is 3.59. The smallest absolute Gasteiger partial charge is 0.225 e. The maximum Gasteiger partial charge on any atom is 0.225 e. The third-order valence-electron chi connectivity index (χ3n) is 4.45. The topological polar surface area (TPSA) is 92.3 Å². The lowest BCUT2D eigenvalue weighted by atomic mass is 10.2. The van der Waals surface area contributed by atoms with Crippen molar-refractivity contribution in [2.75, 3.05) is 16.4 Å². The number of rotatable bonds is 5. The molecule has 1 aliphatic rings. The molecule has 0 saturated heterocycles. The largest absolute Gasteiger partial charge is 0.326 e. The monoisotopic (exact) mass is 436 g/mol. The Morgan fingerprint density at radius 3 is 2.76 bits per heavy atom. The molecule has 0 aliphatic carbocycles. The van der Waals surface area contributed by atoms with Crippen molar-refractivity contribution in [3.63, 3.8) is 0 Å². The first-order valence-electron chi connectivity index (χ1n) is 9.03. The van der Waals surface area contributed by atoms with Crippen molar-refractivity contribution in [3.8, 4) is 0 Å². The molecular weight excluding hydrogens is 415 g/mol. The minimum Gasteiger partial charge on any atom is -0.326 e. The van der Waals surface area contributed by atoms with Crippen LogP contribution in [0, 0.1) is 12.7 Å². The standard InChI is InChI=1S/C20H21FN2O4S2/c1-12-9-14(21)3-5-16(12)22-19(24)7-8-29(26,27)15-4-6-18-17(11-15)23-20(25)10-13(2)28-18/h3-6,9,11,13H,7-8,10H2,1-2H3,(H,22,24)(H,23,25)/t13-/m1/s1. The van der Waals surface area contributed by atoms with Crippen LogP contribution in [0.5, 0.6) is 0 Å². The summed E-state index contributed by atoms with van der Waals surface area (Å²) in [6, 6.07) is 8.56. The summed E-state index contributed by atoms with van der Waals surface area (Å²) in [5, 5.41) is 5.43. The van der Waals surface area contributed by atoms with E-state index in [2.05, 4.69) is 10.6 Å².